The molecule has 0 saturated heterocycles. The SMILES string of the molecule is CC(C)CC(C)OCCCNC1CC1. The Labute approximate surface area is 88.4 Å². The molecule has 0 heterocycles. The van der Waals surface area contributed by atoms with Gasteiger partial charge in [-0.15, -0.1) is 0 Å². The lowest BCUT2D eigenvalue weighted by Gasteiger charge is -2.15. The average molecular weight is 199 g/mol. The molecule has 1 aliphatic rings. The van der Waals surface area contributed by atoms with Crippen LogP contribution in [0.2, 0.25) is 0 Å². The Balaban J connectivity index is 1.81. The molecule has 2 heteroatoms. The van der Waals surface area contributed by atoms with E-state index in [4.69, 9.17) is 4.74 Å². The van der Waals surface area contributed by atoms with Gasteiger partial charge in [-0.1, -0.05) is 13.8 Å². The summed E-state index contributed by atoms with van der Waals surface area (Å²) in [5, 5.41) is 3.49. The van der Waals surface area contributed by atoms with Crippen molar-refractivity contribution in [2.24, 2.45) is 5.92 Å². The van der Waals surface area contributed by atoms with Crippen LogP contribution in [0.5, 0.6) is 0 Å². The second-order valence-corrected chi connectivity index (χ2v) is 4.89. The second-order valence-electron chi connectivity index (χ2n) is 4.89. The fourth-order valence-electron chi connectivity index (χ4n) is 1.68. The van der Waals surface area contributed by atoms with Crippen LogP contribution in [0.3, 0.4) is 0 Å². The summed E-state index contributed by atoms with van der Waals surface area (Å²) in [5.74, 6) is 0.745. The Morgan fingerprint density at radius 3 is 2.57 bits per heavy atom. The predicted octanol–water partition coefficient (Wildman–Crippen LogP) is 2.58. The van der Waals surface area contributed by atoms with Crippen molar-refractivity contribution >= 4 is 0 Å². The zero-order valence-corrected chi connectivity index (χ0v) is 9.88. The number of nitrogens with one attached hydrogen (secondary N) is 1. The normalized spacial score (nSPS) is 18.9. The highest BCUT2D eigenvalue weighted by molar-refractivity contribution is 4.80. The van der Waals surface area contributed by atoms with Crippen LogP contribution in [0.1, 0.15) is 46.5 Å². The van der Waals surface area contributed by atoms with E-state index in [1.807, 2.05) is 0 Å². The lowest BCUT2D eigenvalue weighted by molar-refractivity contribution is 0.0506. The minimum atomic E-state index is 0.427. The smallest absolute Gasteiger partial charge is 0.0549 e. The van der Waals surface area contributed by atoms with Gasteiger partial charge in [-0.25, -0.2) is 0 Å². The summed E-state index contributed by atoms with van der Waals surface area (Å²) in [7, 11) is 0. The Morgan fingerprint density at radius 1 is 1.29 bits per heavy atom. The zero-order chi connectivity index (χ0) is 10.4. The fourth-order valence-corrected chi connectivity index (χ4v) is 1.68. The number of hydrogen-bond acceptors (Lipinski definition) is 2. The third kappa shape index (κ3) is 6.39. The van der Waals surface area contributed by atoms with Crippen molar-refractivity contribution in [3.05, 3.63) is 0 Å². The monoisotopic (exact) mass is 199 g/mol. The zero-order valence-electron chi connectivity index (χ0n) is 9.88. The van der Waals surface area contributed by atoms with Crippen LogP contribution in [0.15, 0.2) is 0 Å². The molecule has 0 aromatic rings. The molecule has 84 valence electrons. The van der Waals surface area contributed by atoms with Crippen molar-refractivity contribution in [1.82, 2.24) is 5.32 Å². The van der Waals surface area contributed by atoms with Crippen LogP contribution in [-0.2, 0) is 4.74 Å². The van der Waals surface area contributed by atoms with Gasteiger partial charge in [0, 0.05) is 12.6 Å². The van der Waals surface area contributed by atoms with Crippen LogP contribution >= 0.6 is 0 Å². The lowest BCUT2D eigenvalue weighted by Crippen LogP contribution is -2.20. The molecule has 0 aromatic carbocycles. The molecule has 0 amide bonds. The standard InChI is InChI=1S/C12H25NO/c1-10(2)9-11(3)14-8-4-7-13-12-5-6-12/h10-13H,4-9H2,1-3H3. The molecule has 1 atom stereocenters. The molecule has 1 rings (SSSR count). The summed E-state index contributed by atoms with van der Waals surface area (Å²) in [6.45, 7) is 8.70. The van der Waals surface area contributed by atoms with Crippen LogP contribution in [0.4, 0.5) is 0 Å². The van der Waals surface area contributed by atoms with Crippen LogP contribution in [-0.4, -0.2) is 25.3 Å². The number of rotatable bonds is 8. The molecular formula is C12H25NO. The number of hydrogen-bond donors (Lipinski definition) is 1. The highest BCUT2D eigenvalue weighted by Crippen LogP contribution is 2.18. The van der Waals surface area contributed by atoms with E-state index in [2.05, 4.69) is 26.1 Å². The fraction of sp³-hybridized carbons (Fsp3) is 1.00. The van der Waals surface area contributed by atoms with Crippen molar-refractivity contribution < 1.29 is 4.74 Å². The van der Waals surface area contributed by atoms with E-state index in [1.54, 1.807) is 0 Å². The molecule has 1 N–H and O–H groups in total. The molecule has 2 nitrogen and oxygen atoms in total. The molecule has 0 aliphatic heterocycles. The van der Waals surface area contributed by atoms with Crippen molar-refractivity contribution in [2.75, 3.05) is 13.2 Å². The first-order valence-corrected chi connectivity index (χ1v) is 6.03. The van der Waals surface area contributed by atoms with Gasteiger partial charge in [-0.3, -0.25) is 0 Å². The van der Waals surface area contributed by atoms with Gasteiger partial charge in [0.15, 0.2) is 0 Å². The molecule has 0 spiro atoms. The molecule has 0 bridgehead atoms. The second kappa shape index (κ2) is 6.41. The summed E-state index contributed by atoms with van der Waals surface area (Å²) in [6.07, 6.45) is 5.51. The Hall–Kier alpha value is -0.0800. The Kier molecular flexibility index (Phi) is 5.49. The summed E-state index contributed by atoms with van der Waals surface area (Å²) < 4.78 is 5.72. The molecule has 1 aliphatic carbocycles. The van der Waals surface area contributed by atoms with Crippen molar-refractivity contribution in [3.8, 4) is 0 Å². The van der Waals surface area contributed by atoms with Gasteiger partial charge in [0.2, 0.25) is 0 Å². The van der Waals surface area contributed by atoms with Crippen molar-refractivity contribution in [3.63, 3.8) is 0 Å². The number of ether oxygens (including phenoxy) is 1. The van der Waals surface area contributed by atoms with Gasteiger partial charge in [0.05, 0.1) is 6.10 Å². The van der Waals surface area contributed by atoms with Gasteiger partial charge in [0.1, 0.15) is 0 Å². The van der Waals surface area contributed by atoms with Gasteiger partial charge in [-0.05, 0) is 45.1 Å². The van der Waals surface area contributed by atoms with Crippen molar-refractivity contribution in [2.45, 2.75) is 58.6 Å². The first-order valence-electron chi connectivity index (χ1n) is 6.03. The van der Waals surface area contributed by atoms with Crippen LogP contribution in [0.25, 0.3) is 0 Å². The topological polar surface area (TPSA) is 21.3 Å². The van der Waals surface area contributed by atoms with Crippen molar-refractivity contribution in [1.29, 1.82) is 0 Å². The maximum absolute atomic E-state index is 5.72. The summed E-state index contributed by atoms with van der Waals surface area (Å²) in [4.78, 5) is 0. The van der Waals surface area contributed by atoms with E-state index in [-0.39, 0.29) is 0 Å². The minimum absolute atomic E-state index is 0.427. The average Bonchev–Trinajstić information content (AvgIpc) is 2.86. The largest absolute Gasteiger partial charge is 0.378 e. The maximum atomic E-state index is 5.72. The molecule has 0 aromatic heterocycles. The molecule has 1 saturated carbocycles. The summed E-state index contributed by atoms with van der Waals surface area (Å²) in [5.41, 5.74) is 0. The highest BCUT2D eigenvalue weighted by Gasteiger charge is 2.19. The maximum Gasteiger partial charge on any atom is 0.0549 e. The predicted molar refractivity (Wildman–Crippen MR) is 60.5 cm³/mol. The van der Waals surface area contributed by atoms with Gasteiger partial charge < -0.3 is 10.1 Å². The molecule has 14 heavy (non-hydrogen) atoms. The molecule has 0 radical (unpaired) electrons. The molecule has 1 unspecified atom stereocenters. The van der Waals surface area contributed by atoms with Gasteiger partial charge in [-0.2, -0.15) is 0 Å². The van der Waals surface area contributed by atoms with Gasteiger partial charge in [0.25, 0.3) is 0 Å². The quantitative estimate of drug-likeness (QED) is 0.607. The van der Waals surface area contributed by atoms with Gasteiger partial charge >= 0.3 is 0 Å². The summed E-state index contributed by atoms with van der Waals surface area (Å²) >= 11 is 0. The van der Waals surface area contributed by atoms with E-state index in [9.17, 15) is 0 Å². The van der Waals surface area contributed by atoms with E-state index in [0.29, 0.717) is 6.10 Å². The lowest BCUT2D eigenvalue weighted by atomic mass is 10.1. The third-order valence-corrected chi connectivity index (χ3v) is 2.54. The van der Waals surface area contributed by atoms with E-state index < -0.39 is 0 Å². The van der Waals surface area contributed by atoms with E-state index >= 15 is 0 Å². The molecular weight excluding hydrogens is 174 g/mol. The highest BCUT2D eigenvalue weighted by atomic mass is 16.5. The first kappa shape index (κ1) is 12.0. The van der Waals surface area contributed by atoms with E-state index in [0.717, 1.165) is 31.5 Å². The van der Waals surface area contributed by atoms with Crippen LogP contribution in [0, 0.1) is 5.92 Å². The van der Waals surface area contributed by atoms with Crippen LogP contribution < -0.4 is 5.32 Å². The summed E-state index contributed by atoms with van der Waals surface area (Å²) in [6, 6.07) is 0.836. The third-order valence-electron chi connectivity index (χ3n) is 2.54. The molecule has 1 fully saturated rings. The Morgan fingerprint density at radius 2 is 2.00 bits per heavy atom. The Bertz CT molecular complexity index is 143. The van der Waals surface area contributed by atoms with E-state index in [1.165, 1.54) is 19.3 Å². The minimum Gasteiger partial charge on any atom is -0.378 e. The first-order chi connectivity index (χ1) is 6.68.